The zero-order valence-corrected chi connectivity index (χ0v) is 16.0. The minimum Gasteiger partial charge on any atom is -0.484 e. The third kappa shape index (κ3) is 4.99. The number of para-hydroxylation sites is 1. The van der Waals surface area contributed by atoms with Gasteiger partial charge in [0.05, 0.1) is 12.3 Å². The number of hydrogen-bond acceptors (Lipinski definition) is 5. The molecule has 0 N–H and O–H groups in total. The van der Waals surface area contributed by atoms with Crippen LogP contribution in [0.25, 0.3) is 0 Å². The van der Waals surface area contributed by atoms with Crippen LogP contribution in [0.4, 0.5) is 4.39 Å². The third-order valence-electron chi connectivity index (χ3n) is 4.98. The van der Waals surface area contributed by atoms with Crippen molar-refractivity contribution < 1.29 is 18.3 Å². The van der Waals surface area contributed by atoms with E-state index in [2.05, 4.69) is 10.2 Å². The topological polar surface area (TPSA) is 68.5 Å². The Morgan fingerprint density at radius 3 is 2.72 bits per heavy atom. The van der Waals surface area contributed by atoms with E-state index in [1.165, 1.54) is 12.1 Å². The quantitative estimate of drug-likeness (QED) is 0.638. The number of rotatable bonds is 6. The van der Waals surface area contributed by atoms with Gasteiger partial charge in [-0.3, -0.25) is 4.79 Å². The molecule has 0 bridgehead atoms. The first-order valence-electron chi connectivity index (χ1n) is 9.70. The molecule has 150 valence electrons. The van der Waals surface area contributed by atoms with E-state index in [0.29, 0.717) is 37.0 Å². The summed E-state index contributed by atoms with van der Waals surface area (Å²) in [6, 6.07) is 15.5. The molecule has 0 radical (unpaired) electrons. The van der Waals surface area contributed by atoms with Gasteiger partial charge in [0.1, 0.15) is 11.6 Å². The molecular weight excluding hydrogens is 373 g/mol. The van der Waals surface area contributed by atoms with Crippen molar-refractivity contribution in [1.29, 1.82) is 0 Å². The molecule has 1 aliphatic heterocycles. The van der Waals surface area contributed by atoms with E-state index in [-0.39, 0.29) is 24.2 Å². The average molecular weight is 395 g/mol. The second kappa shape index (κ2) is 8.86. The summed E-state index contributed by atoms with van der Waals surface area (Å²) < 4.78 is 24.4. The van der Waals surface area contributed by atoms with Gasteiger partial charge in [-0.25, -0.2) is 4.39 Å². The minimum absolute atomic E-state index is 0.0103. The Morgan fingerprint density at radius 2 is 1.93 bits per heavy atom. The molecule has 1 aromatic heterocycles. The Hall–Kier alpha value is -3.22. The summed E-state index contributed by atoms with van der Waals surface area (Å²) in [6.45, 7) is 1.25. The van der Waals surface area contributed by atoms with E-state index in [1.54, 1.807) is 17.0 Å². The van der Waals surface area contributed by atoms with Crippen LogP contribution < -0.4 is 4.74 Å². The first kappa shape index (κ1) is 19.1. The average Bonchev–Trinajstić information content (AvgIpc) is 3.23. The van der Waals surface area contributed by atoms with E-state index in [0.717, 1.165) is 18.4 Å². The summed E-state index contributed by atoms with van der Waals surface area (Å²) in [4.78, 5) is 14.3. The Kier molecular flexibility index (Phi) is 5.84. The van der Waals surface area contributed by atoms with Gasteiger partial charge in [0.15, 0.2) is 6.61 Å². The Morgan fingerprint density at radius 1 is 1.14 bits per heavy atom. The highest BCUT2D eigenvalue weighted by molar-refractivity contribution is 5.78. The highest BCUT2D eigenvalue weighted by atomic mass is 19.1. The number of carbonyl (C=O) groups is 1. The van der Waals surface area contributed by atoms with Gasteiger partial charge in [-0.05, 0) is 42.7 Å². The van der Waals surface area contributed by atoms with Gasteiger partial charge >= 0.3 is 0 Å². The molecule has 1 saturated heterocycles. The van der Waals surface area contributed by atoms with Gasteiger partial charge in [-0.15, -0.1) is 10.2 Å². The van der Waals surface area contributed by atoms with E-state index in [4.69, 9.17) is 9.15 Å². The maximum atomic E-state index is 13.0. The molecule has 2 heterocycles. The van der Waals surface area contributed by atoms with Crippen LogP contribution in [0.2, 0.25) is 0 Å². The van der Waals surface area contributed by atoms with Crippen LogP contribution in [0.1, 0.15) is 36.1 Å². The molecule has 3 aromatic rings. The highest BCUT2D eigenvalue weighted by Crippen LogP contribution is 2.26. The summed E-state index contributed by atoms with van der Waals surface area (Å²) in [5.74, 6) is 1.40. The van der Waals surface area contributed by atoms with E-state index in [9.17, 15) is 9.18 Å². The number of aromatic nitrogens is 2. The van der Waals surface area contributed by atoms with Crippen LogP contribution in [-0.2, 0) is 11.2 Å². The Bertz CT molecular complexity index is 943. The standard InChI is InChI=1S/C22H22FN3O3/c23-18-10-8-16(9-11-18)13-20-24-25-22(29-20)17-5-4-12-26(14-17)21(27)15-28-19-6-2-1-3-7-19/h1-3,6-11,17H,4-5,12-15H2/t17-/m0/s1. The number of amides is 1. The maximum absolute atomic E-state index is 13.0. The van der Waals surface area contributed by atoms with Crippen molar-refractivity contribution >= 4 is 5.91 Å². The third-order valence-corrected chi connectivity index (χ3v) is 4.98. The molecule has 6 nitrogen and oxygen atoms in total. The number of carbonyl (C=O) groups excluding carboxylic acids is 1. The fourth-order valence-electron chi connectivity index (χ4n) is 3.44. The van der Waals surface area contributed by atoms with Crippen LogP contribution in [0.5, 0.6) is 5.75 Å². The lowest BCUT2D eigenvalue weighted by atomic mass is 9.98. The van der Waals surface area contributed by atoms with Gasteiger partial charge in [-0.1, -0.05) is 30.3 Å². The summed E-state index contributed by atoms with van der Waals surface area (Å²) >= 11 is 0. The number of halogens is 1. The Labute approximate surface area is 168 Å². The number of likely N-dealkylation sites (tertiary alicyclic amines) is 1. The van der Waals surface area contributed by atoms with Crippen molar-refractivity contribution in [2.45, 2.75) is 25.2 Å². The monoisotopic (exact) mass is 395 g/mol. The summed E-state index contributed by atoms with van der Waals surface area (Å²) in [7, 11) is 0. The number of piperidine rings is 1. The van der Waals surface area contributed by atoms with Gasteiger partial charge in [0.25, 0.3) is 5.91 Å². The van der Waals surface area contributed by atoms with E-state index < -0.39 is 0 Å². The van der Waals surface area contributed by atoms with Crippen molar-refractivity contribution in [3.63, 3.8) is 0 Å². The molecule has 29 heavy (non-hydrogen) atoms. The van der Waals surface area contributed by atoms with Crippen LogP contribution in [-0.4, -0.2) is 40.7 Å². The molecular formula is C22H22FN3O3. The first-order valence-corrected chi connectivity index (χ1v) is 9.70. The van der Waals surface area contributed by atoms with Crippen molar-refractivity contribution in [2.24, 2.45) is 0 Å². The van der Waals surface area contributed by atoms with Gasteiger partial charge in [0.2, 0.25) is 11.8 Å². The molecule has 7 heteroatoms. The lowest BCUT2D eigenvalue weighted by Gasteiger charge is -2.31. The lowest BCUT2D eigenvalue weighted by molar-refractivity contribution is -0.134. The first-order chi connectivity index (χ1) is 14.2. The molecule has 2 aromatic carbocycles. The summed E-state index contributed by atoms with van der Waals surface area (Å²) in [5.41, 5.74) is 0.903. The fourth-order valence-corrected chi connectivity index (χ4v) is 3.44. The molecule has 0 unspecified atom stereocenters. The zero-order valence-electron chi connectivity index (χ0n) is 16.0. The molecule has 4 rings (SSSR count). The molecule has 1 atom stereocenters. The molecule has 0 spiro atoms. The maximum Gasteiger partial charge on any atom is 0.260 e. The Balaban J connectivity index is 1.34. The van der Waals surface area contributed by atoms with Crippen molar-refractivity contribution in [1.82, 2.24) is 15.1 Å². The number of ether oxygens (including phenoxy) is 1. The van der Waals surface area contributed by atoms with Gasteiger partial charge in [-0.2, -0.15) is 0 Å². The fraction of sp³-hybridized carbons (Fsp3) is 0.318. The summed E-state index contributed by atoms with van der Waals surface area (Å²) in [6.07, 6.45) is 2.21. The van der Waals surface area contributed by atoms with E-state index in [1.807, 2.05) is 30.3 Å². The molecule has 1 fully saturated rings. The van der Waals surface area contributed by atoms with Crippen molar-refractivity contribution in [3.8, 4) is 5.75 Å². The van der Waals surface area contributed by atoms with Crippen LogP contribution in [0, 0.1) is 5.82 Å². The van der Waals surface area contributed by atoms with Crippen LogP contribution >= 0.6 is 0 Å². The van der Waals surface area contributed by atoms with Crippen LogP contribution in [0.3, 0.4) is 0 Å². The smallest absolute Gasteiger partial charge is 0.260 e. The second-order valence-electron chi connectivity index (χ2n) is 7.12. The van der Waals surface area contributed by atoms with Gasteiger partial charge in [0, 0.05) is 13.1 Å². The normalized spacial score (nSPS) is 16.6. The molecule has 1 amide bonds. The number of hydrogen-bond donors (Lipinski definition) is 0. The zero-order chi connectivity index (χ0) is 20.1. The summed E-state index contributed by atoms with van der Waals surface area (Å²) in [5, 5.41) is 8.30. The molecule has 1 aliphatic rings. The second-order valence-corrected chi connectivity index (χ2v) is 7.12. The highest BCUT2D eigenvalue weighted by Gasteiger charge is 2.28. The number of nitrogens with zero attached hydrogens (tertiary/aromatic N) is 3. The minimum atomic E-state index is -0.275. The largest absolute Gasteiger partial charge is 0.484 e. The SMILES string of the molecule is O=C(COc1ccccc1)N1CCC[C@H](c2nnc(Cc3ccc(F)cc3)o2)C1. The molecule has 0 aliphatic carbocycles. The van der Waals surface area contributed by atoms with Crippen molar-refractivity contribution in [2.75, 3.05) is 19.7 Å². The predicted molar refractivity (Wildman–Crippen MR) is 104 cm³/mol. The number of benzene rings is 2. The van der Waals surface area contributed by atoms with Crippen LogP contribution in [0.15, 0.2) is 59.0 Å². The van der Waals surface area contributed by atoms with E-state index >= 15 is 0 Å². The lowest BCUT2D eigenvalue weighted by Crippen LogP contribution is -2.41. The van der Waals surface area contributed by atoms with Crippen molar-refractivity contribution in [3.05, 3.63) is 77.8 Å². The molecule has 0 saturated carbocycles. The predicted octanol–water partition coefficient (Wildman–Crippen LogP) is 3.58. The van der Waals surface area contributed by atoms with Gasteiger partial charge < -0.3 is 14.1 Å².